The lowest BCUT2D eigenvalue weighted by atomic mass is 9.95. The van der Waals surface area contributed by atoms with Crippen molar-refractivity contribution in [3.63, 3.8) is 0 Å². The lowest BCUT2D eigenvalue weighted by molar-refractivity contribution is -0.119. The van der Waals surface area contributed by atoms with Gasteiger partial charge in [0.25, 0.3) is 0 Å². The van der Waals surface area contributed by atoms with Gasteiger partial charge in [0, 0.05) is 6.04 Å². The molecule has 0 atom stereocenters. The van der Waals surface area contributed by atoms with E-state index in [0.717, 1.165) is 23.7 Å². The zero-order valence-corrected chi connectivity index (χ0v) is 15.1. The van der Waals surface area contributed by atoms with Gasteiger partial charge in [0.15, 0.2) is 5.16 Å². The molecular weight excluding hydrogens is 320 g/mol. The van der Waals surface area contributed by atoms with E-state index in [1.807, 2.05) is 4.57 Å². The van der Waals surface area contributed by atoms with Crippen LogP contribution in [0.2, 0.25) is 0 Å². The van der Waals surface area contributed by atoms with Gasteiger partial charge in [-0.25, -0.2) is 0 Å². The highest BCUT2D eigenvalue weighted by atomic mass is 32.2. The molecule has 1 aliphatic carbocycles. The lowest BCUT2D eigenvalue weighted by Gasteiger charge is -2.22. The van der Waals surface area contributed by atoms with Gasteiger partial charge in [0.05, 0.1) is 11.4 Å². The smallest absolute Gasteiger partial charge is 0.230 e. The topological polar surface area (TPSA) is 59.8 Å². The van der Waals surface area contributed by atoms with Gasteiger partial charge >= 0.3 is 0 Å². The molecule has 1 amide bonds. The van der Waals surface area contributed by atoms with Gasteiger partial charge in [-0.15, -0.1) is 10.2 Å². The fourth-order valence-corrected chi connectivity index (χ4v) is 3.94. The van der Waals surface area contributed by atoms with Crippen LogP contribution in [0.25, 0.3) is 5.69 Å². The van der Waals surface area contributed by atoms with E-state index in [0.29, 0.717) is 11.8 Å². The first-order chi connectivity index (χ1) is 11.6. The molecule has 24 heavy (non-hydrogen) atoms. The van der Waals surface area contributed by atoms with Gasteiger partial charge in [-0.05, 0) is 38.3 Å². The third-order valence-corrected chi connectivity index (χ3v) is 5.37. The van der Waals surface area contributed by atoms with Crippen LogP contribution < -0.4 is 5.32 Å². The molecule has 0 spiro atoms. The van der Waals surface area contributed by atoms with Crippen LogP contribution in [0.15, 0.2) is 29.7 Å². The number of thioether (sulfide) groups is 1. The molecule has 0 aliphatic heterocycles. The molecule has 2 aromatic rings. The van der Waals surface area contributed by atoms with E-state index >= 15 is 0 Å². The summed E-state index contributed by atoms with van der Waals surface area (Å²) >= 11 is 1.44. The summed E-state index contributed by atoms with van der Waals surface area (Å²) in [4.78, 5) is 12.2. The maximum Gasteiger partial charge on any atom is 0.230 e. The van der Waals surface area contributed by atoms with Crippen LogP contribution in [0.3, 0.4) is 0 Å². The Bertz CT molecular complexity index is 707. The maximum absolute atomic E-state index is 12.2. The van der Waals surface area contributed by atoms with Crippen LogP contribution in [0, 0.1) is 13.8 Å². The summed E-state index contributed by atoms with van der Waals surface area (Å²) in [6, 6.07) is 6.64. The molecule has 6 heteroatoms. The van der Waals surface area contributed by atoms with E-state index in [1.54, 1.807) is 6.33 Å². The van der Waals surface area contributed by atoms with E-state index in [4.69, 9.17) is 0 Å². The number of aryl methyl sites for hydroxylation is 2. The molecule has 1 N–H and O–H groups in total. The van der Waals surface area contributed by atoms with Gasteiger partial charge in [0.1, 0.15) is 6.33 Å². The number of carbonyl (C=O) groups is 1. The monoisotopic (exact) mass is 344 g/mol. The first-order valence-electron chi connectivity index (χ1n) is 8.53. The first kappa shape index (κ1) is 17.0. The molecule has 3 rings (SSSR count). The maximum atomic E-state index is 12.2. The van der Waals surface area contributed by atoms with Gasteiger partial charge in [-0.1, -0.05) is 48.7 Å². The van der Waals surface area contributed by atoms with Gasteiger partial charge in [0.2, 0.25) is 5.91 Å². The highest BCUT2D eigenvalue weighted by molar-refractivity contribution is 7.99. The molecule has 1 aromatic heterocycles. The normalized spacial score (nSPS) is 15.4. The van der Waals surface area contributed by atoms with Crippen molar-refractivity contribution in [2.45, 2.75) is 57.1 Å². The summed E-state index contributed by atoms with van der Waals surface area (Å²) in [7, 11) is 0. The van der Waals surface area contributed by atoms with Crippen LogP contribution in [0.5, 0.6) is 0 Å². The Balaban J connectivity index is 1.62. The fourth-order valence-electron chi connectivity index (χ4n) is 3.21. The fraction of sp³-hybridized carbons (Fsp3) is 0.500. The molecule has 128 valence electrons. The molecule has 1 aliphatic rings. The van der Waals surface area contributed by atoms with Crippen LogP contribution in [0.1, 0.15) is 43.2 Å². The number of benzene rings is 1. The minimum atomic E-state index is 0.0853. The SMILES string of the molecule is Cc1ccc(-n2cnnc2SCC(=O)NC2CCCCC2)c(C)c1. The first-order valence-corrected chi connectivity index (χ1v) is 9.52. The Kier molecular flexibility index (Phi) is 5.56. The third-order valence-electron chi connectivity index (χ3n) is 4.43. The highest BCUT2D eigenvalue weighted by Gasteiger charge is 2.17. The van der Waals surface area contributed by atoms with E-state index in [1.165, 1.54) is 42.2 Å². The second-order valence-electron chi connectivity index (χ2n) is 6.46. The molecule has 5 nitrogen and oxygen atoms in total. The van der Waals surface area contributed by atoms with Crippen molar-refractivity contribution in [3.05, 3.63) is 35.7 Å². The number of aromatic nitrogens is 3. The van der Waals surface area contributed by atoms with Crippen molar-refractivity contribution >= 4 is 17.7 Å². The summed E-state index contributed by atoms with van der Waals surface area (Å²) < 4.78 is 1.95. The molecule has 1 fully saturated rings. The number of carbonyl (C=O) groups excluding carboxylic acids is 1. The van der Waals surface area contributed by atoms with Crippen LogP contribution in [-0.4, -0.2) is 32.5 Å². The molecule has 1 heterocycles. The average Bonchev–Trinajstić information content (AvgIpc) is 3.02. The Morgan fingerprint density at radius 2 is 2.08 bits per heavy atom. The van der Waals surface area contributed by atoms with E-state index < -0.39 is 0 Å². The number of hydrogen-bond acceptors (Lipinski definition) is 4. The Morgan fingerprint density at radius 3 is 2.83 bits per heavy atom. The van der Waals surface area contributed by atoms with Crippen LogP contribution in [-0.2, 0) is 4.79 Å². The Morgan fingerprint density at radius 1 is 1.29 bits per heavy atom. The molecule has 0 saturated heterocycles. The highest BCUT2D eigenvalue weighted by Crippen LogP contribution is 2.23. The molecule has 1 saturated carbocycles. The quantitative estimate of drug-likeness (QED) is 0.844. The standard InChI is InChI=1S/C18H24N4OS/c1-13-8-9-16(14(2)10-13)22-12-19-21-18(22)24-11-17(23)20-15-6-4-3-5-7-15/h8-10,12,15H,3-7,11H2,1-2H3,(H,20,23). The number of nitrogens with zero attached hydrogens (tertiary/aromatic N) is 3. The number of hydrogen-bond donors (Lipinski definition) is 1. The number of nitrogens with one attached hydrogen (secondary N) is 1. The van der Waals surface area contributed by atoms with E-state index in [-0.39, 0.29) is 5.91 Å². The Labute approximate surface area is 147 Å². The second kappa shape index (κ2) is 7.83. The van der Waals surface area contributed by atoms with Crippen molar-refractivity contribution in [2.75, 3.05) is 5.75 Å². The van der Waals surface area contributed by atoms with Gasteiger partial charge in [-0.2, -0.15) is 0 Å². The van der Waals surface area contributed by atoms with Crippen LogP contribution in [0.4, 0.5) is 0 Å². The van der Waals surface area contributed by atoms with Gasteiger partial charge in [-0.3, -0.25) is 9.36 Å². The molecular formula is C18H24N4OS. The summed E-state index contributed by atoms with van der Waals surface area (Å²) in [6.45, 7) is 4.15. The molecule has 1 aromatic carbocycles. The minimum Gasteiger partial charge on any atom is -0.353 e. The van der Waals surface area contributed by atoms with Crippen molar-refractivity contribution in [3.8, 4) is 5.69 Å². The van der Waals surface area contributed by atoms with Crippen molar-refractivity contribution in [2.24, 2.45) is 0 Å². The largest absolute Gasteiger partial charge is 0.353 e. The summed E-state index contributed by atoms with van der Waals surface area (Å²) in [5.41, 5.74) is 3.45. The van der Waals surface area contributed by atoms with E-state index in [9.17, 15) is 4.79 Å². The summed E-state index contributed by atoms with van der Waals surface area (Å²) in [5, 5.41) is 12.1. The predicted molar refractivity (Wildman–Crippen MR) is 96.6 cm³/mol. The molecule has 0 radical (unpaired) electrons. The minimum absolute atomic E-state index is 0.0853. The van der Waals surface area contributed by atoms with Crippen molar-refractivity contribution in [1.29, 1.82) is 0 Å². The second-order valence-corrected chi connectivity index (χ2v) is 7.41. The Hall–Kier alpha value is -1.82. The average molecular weight is 344 g/mol. The van der Waals surface area contributed by atoms with E-state index in [2.05, 4.69) is 47.6 Å². The zero-order valence-electron chi connectivity index (χ0n) is 14.3. The van der Waals surface area contributed by atoms with Gasteiger partial charge < -0.3 is 5.32 Å². The molecule has 0 unspecified atom stereocenters. The lowest BCUT2D eigenvalue weighted by Crippen LogP contribution is -2.37. The summed E-state index contributed by atoms with van der Waals surface area (Å²) in [6.07, 6.45) is 7.65. The zero-order chi connectivity index (χ0) is 16.9. The third kappa shape index (κ3) is 4.17. The van der Waals surface area contributed by atoms with Crippen LogP contribution >= 0.6 is 11.8 Å². The number of amides is 1. The van der Waals surface area contributed by atoms with Crippen molar-refractivity contribution in [1.82, 2.24) is 20.1 Å². The summed E-state index contributed by atoms with van der Waals surface area (Å²) in [5.74, 6) is 0.460. The molecule has 0 bridgehead atoms. The number of rotatable bonds is 5. The predicted octanol–water partition coefficient (Wildman–Crippen LogP) is 3.43. The van der Waals surface area contributed by atoms with Crippen molar-refractivity contribution < 1.29 is 4.79 Å².